The highest BCUT2D eigenvalue weighted by Crippen LogP contribution is 2.25. The molecule has 7 nitrogen and oxygen atoms in total. The number of benzene rings is 2. The molecular formula is C17H20N2O5S. The predicted molar refractivity (Wildman–Crippen MR) is 94.5 cm³/mol. The van der Waals surface area contributed by atoms with Crippen molar-refractivity contribution in [3.8, 4) is 11.5 Å². The van der Waals surface area contributed by atoms with Gasteiger partial charge in [0.25, 0.3) is 0 Å². The van der Waals surface area contributed by atoms with Gasteiger partial charge in [-0.05, 0) is 36.8 Å². The lowest BCUT2D eigenvalue weighted by Crippen LogP contribution is -2.33. The maximum absolute atomic E-state index is 12.4. The molecule has 2 aromatic carbocycles. The maximum Gasteiger partial charge on any atom is 0.244 e. The van der Waals surface area contributed by atoms with Crippen LogP contribution in [-0.4, -0.2) is 35.1 Å². The number of ether oxygens (including phenoxy) is 2. The van der Waals surface area contributed by atoms with Crippen molar-refractivity contribution < 1.29 is 22.7 Å². The van der Waals surface area contributed by atoms with Crippen LogP contribution in [0.4, 0.5) is 5.69 Å². The third kappa shape index (κ3) is 4.71. The van der Waals surface area contributed by atoms with Crippen molar-refractivity contribution in [1.29, 1.82) is 0 Å². The van der Waals surface area contributed by atoms with Gasteiger partial charge in [0.1, 0.15) is 16.4 Å². The molecule has 8 heteroatoms. The van der Waals surface area contributed by atoms with Crippen molar-refractivity contribution in [3.05, 3.63) is 48.0 Å². The lowest BCUT2D eigenvalue weighted by atomic mass is 10.2. The number of carbonyl (C=O) groups excluding carboxylic acids is 1. The molecule has 0 aliphatic carbocycles. The van der Waals surface area contributed by atoms with E-state index in [1.807, 2.05) is 0 Å². The molecule has 25 heavy (non-hydrogen) atoms. The molecule has 2 N–H and O–H groups in total. The summed E-state index contributed by atoms with van der Waals surface area (Å²) in [5.41, 5.74) is 1.22. The Morgan fingerprint density at radius 3 is 2.40 bits per heavy atom. The van der Waals surface area contributed by atoms with Gasteiger partial charge in [-0.25, -0.2) is 13.1 Å². The summed E-state index contributed by atoms with van der Waals surface area (Å²) in [4.78, 5) is 12.0. The van der Waals surface area contributed by atoms with Crippen LogP contribution in [0.3, 0.4) is 0 Å². The second-order valence-corrected chi connectivity index (χ2v) is 6.96. The summed E-state index contributed by atoms with van der Waals surface area (Å²) in [5.74, 6) is 0.182. The Hall–Kier alpha value is -2.58. The summed E-state index contributed by atoms with van der Waals surface area (Å²) in [6, 6.07) is 11.7. The third-order valence-electron chi connectivity index (χ3n) is 3.41. The van der Waals surface area contributed by atoms with Gasteiger partial charge in [0.2, 0.25) is 15.9 Å². The van der Waals surface area contributed by atoms with Gasteiger partial charge in [0.05, 0.1) is 26.5 Å². The fourth-order valence-corrected chi connectivity index (χ4v) is 3.41. The van der Waals surface area contributed by atoms with E-state index in [1.54, 1.807) is 43.3 Å². The molecule has 0 fully saturated rings. The number of amides is 1. The highest BCUT2D eigenvalue weighted by molar-refractivity contribution is 7.89. The number of nitrogens with one attached hydrogen (secondary N) is 2. The van der Waals surface area contributed by atoms with E-state index in [0.717, 1.165) is 5.56 Å². The molecule has 0 unspecified atom stereocenters. The van der Waals surface area contributed by atoms with Crippen molar-refractivity contribution >= 4 is 21.6 Å². The van der Waals surface area contributed by atoms with Gasteiger partial charge in [-0.3, -0.25) is 4.79 Å². The number of sulfonamides is 1. The van der Waals surface area contributed by atoms with Crippen molar-refractivity contribution in [3.63, 3.8) is 0 Å². The molecule has 0 atom stereocenters. The van der Waals surface area contributed by atoms with Gasteiger partial charge in [-0.1, -0.05) is 18.2 Å². The average Bonchev–Trinajstić information content (AvgIpc) is 2.60. The second kappa shape index (κ2) is 8.00. The van der Waals surface area contributed by atoms with E-state index >= 15 is 0 Å². The van der Waals surface area contributed by atoms with Crippen molar-refractivity contribution in [2.45, 2.75) is 11.8 Å². The summed E-state index contributed by atoms with van der Waals surface area (Å²) >= 11 is 0. The number of methoxy groups -OCH3 is 2. The fraction of sp³-hybridized carbons (Fsp3) is 0.235. The first-order chi connectivity index (χ1) is 11.9. The van der Waals surface area contributed by atoms with Crippen LogP contribution < -0.4 is 19.5 Å². The van der Waals surface area contributed by atoms with Gasteiger partial charge in [0, 0.05) is 0 Å². The van der Waals surface area contributed by atoms with Gasteiger partial charge in [-0.15, -0.1) is 0 Å². The molecule has 0 spiro atoms. The molecule has 0 bridgehead atoms. The fourth-order valence-electron chi connectivity index (χ4n) is 2.17. The molecule has 2 aromatic rings. The van der Waals surface area contributed by atoms with Gasteiger partial charge >= 0.3 is 0 Å². The third-order valence-corrected chi connectivity index (χ3v) is 4.83. The average molecular weight is 364 g/mol. The molecule has 0 radical (unpaired) electrons. The Morgan fingerprint density at radius 1 is 1.04 bits per heavy atom. The van der Waals surface area contributed by atoms with Crippen LogP contribution in [-0.2, 0) is 14.8 Å². The number of hydrogen-bond acceptors (Lipinski definition) is 5. The van der Waals surface area contributed by atoms with Crippen LogP contribution in [0.5, 0.6) is 11.5 Å². The Morgan fingerprint density at radius 2 is 1.72 bits per heavy atom. The van der Waals surface area contributed by atoms with Gasteiger partial charge in [0.15, 0.2) is 0 Å². The molecule has 1 amide bonds. The maximum atomic E-state index is 12.4. The van der Waals surface area contributed by atoms with E-state index in [0.29, 0.717) is 11.4 Å². The summed E-state index contributed by atoms with van der Waals surface area (Å²) in [6.07, 6.45) is 0. The van der Waals surface area contributed by atoms with Crippen LogP contribution in [0.25, 0.3) is 0 Å². The first-order valence-electron chi connectivity index (χ1n) is 7.44. The Balaban J connectivity index is 2.09. The van der Waals surface area contributed by atoms with Crippen molar-refractivity contribution in [2.24, 2.45) is 0 Å². The van der Waals surface area contributed by atoms with Crippen molar-refractivity contribution in [1.82, 2.24) is 4.72 Å². The second-order valence-electron chi connectivity index (χ2n) is 5.23. The topological polar surface area (TPSA) is 93.7 Å². The Bertz CT molecular complexity index is 865. The van der Waals surface area contributed by atoms with E-state index in [-0.39, 0.29) is 10.6 Å². The van der Waals surface area contributed by atoms with Crippen LogP contribution in [0, 0.1) is 6.92 Å². The zero-order valence-electron chi connectivity index (χ0n) is 14.2. The van der Waals surface area contributed by atoms with Crippen molar-refractivity contribution in [2.75, 3.05) is 26.1 Å². The smallest absolute Gasteiger partial charge is 0.244 e. The normalized spacial score (nSPS) is 11.0. The highest BCUT2D eigenvalue weighted by Gasteiger charge is 2.20. The first-order valence-corrected chi connectivity index (χ1v) is 8.93. The van der Waals surface area contributed by atoms with E-state index in [1.165, 1.54) is 20.3 Å². The lowest BCUT2D eigenvalue weighted by molar-refractivity contribution is -0.115. The number of rotatable bonds is 7. The standard InChI is InChI=1S/C17H20N2O5S/c1-12-8-9-15(24-3)16(10-12)25(21,22)18-11-17(20)19-13-6-4-5-7-14(13)23-2/h4-10,18H,11H2,1-3H3,(H,19,20). The number of aryl methyl sites for hydroxylation is 1. The molecule has 2 rings (SSSR count). The van der Waals surface area contributed by atoms with E-state index < -0.39 is 22.5 Å². The predicted octanol–water partition coefficient (Wildman–Crippen LogP) is 1.93. The molecule has 0 saturated carbocycles. The van der Waals surface area contributed by atoms with Crippen LogP contribution >= 0.6 is 0 Å². The zero-order valence-corrected chi connectivity index (χ0v) is 15.0. The van der Waals surface area contributed by atoms with Crippen LogP contribution in [0.15, 0.2) is 47.4 Å². The minimum Gasteiger partial charge on any atom is -0.495 e. The quantitative estimate of drug-likeness (QED) is 0.783. The number of para-hydroxylation sites is 2. The highest BCUT2D eigenvalue weighted by atomic mass is 32.2. The van der Waals surface area contributed by atoms with Crippen LogP contribution in [0.2, 0.25) is 0 Å². The van der Waals surface area contributed by atoms with Crippen LogP contribution in [0.1, 0.15) is 5.56 Å². The van der Waals surface area contributed by atoms with E-state index in [2.05, 4.69) is 10.0 Å². The molecule has 134 valence electrons. The zero-order chi connectivity index (χ0) is 18.4. The minimum absolute atomic E-state index is 0.0138. The van der Waals surface area contributed by atoms with E-state index in [9.17, 15) is 13.2 Å². The van der Waals surface area contributed by atoms with Gasteiger partial charge in [-0.2, -0.15) is 0 Å². The van der Waals surface area contributed by atoms with E-state index in [4.69, 9.17) is 9.47 Å². The molecular weight excluding hydrogens is 344 g/mol. The summed E-state index contributed by atoms with van der Waals surface area (Å²) in [6.45, 7) is 1.35. The molecule has 0 aliphatic heterocycles. The molecule has 0 heterocycles. The first kappa shape index (κ1) is 18.8. The summed E-state index contributed by atoms with van der Waals surface area (Å²) in [7, 11) is -1.02. The number of anilines is 1. The number of hydrogen-bond donors (Lipinski definition) is 2. The SMILES string of the molecule is COc1ccccc1NC(=O)CNS(=O)(=O)c1cc(C)ccc1OC. The monoisotopic (exact) mass is 364 g/mol. The minimum atomic E-state index is -3.90. The summed E-state index contributed by atoms with van der Waals surface area (Å²) < 4.78 is 37.4. The van der Waals surface area contributed by atoms with Gasteiger partial charge < -0.3 is 14.8 Å². The number of carbonyl (C=O) groups is 1. The lowest BCUT2D eigenvalue weighted by Gasteiger charge is -2.12. The largest absolute Gasteiger partial charge is 0.495 e. The Kier molecular flexibility index (Phi) is 6.00. The Labute approximate surface area is 147 Å². The molecule has 0 aliphatic rings. The molecule has 0 aromatic heterocycles. The summed E-state index contributed by atoms with van der Waals surface area (Å²) in [5, 5.41) is 2.60. The molecule has 0 saturated heterocycles.